The molecule has 2 aromatic carbocycles. The minimum atomic E-state index is -0.957. The Bertz CT molecular complexity index is 1680. The fraction of sp³-hybridized carbons (Fsp3) is 0.143. The van der Waals surface area contributed by atoms with Crippen LogP contribution < -0.4 is 0 Å². The van der Waals surface area contributed by atoms with Gasteiger partial charge in [-0.1, -0.05) is 18.2 Å². The van der Waals surface area contributed by atoms with Gasteiger partial charge in [0.2, 0.25) is 0 Å². The molecule has 0 radical (unpaired) electrons. The topological polar surface area (TPSA) is 67.4 Å². The summed E-state index contributed by atoms with van der Waals surface area (Å²) < 4.78 is 16.9. The molecule has 6 heteroatoms. The van der Waals surface area contributed by atoms with Gasteiger partial charge in [0.25, 0.3) is 0 Å². The van der Waals surface area contributed by atoms with Crippen LogP contribution in [0.3, 0.4) is 0 Å². The first-order valence-electron chi connectivity index (χ1n) is 10.8. The van der Waals surface area contributed by atoms with E-state index < -0.39 is 11.2 Å². The van der Waals surface area contributed by atoms with Gasteiger partial charge in [-0.3, -0.25) is 14.5 Å². The van der Waals surface area contributed by atoms with E-state index in [1.165, 1.54) is 6.07 Å². The maximum Gasteiger partial charge on any atom is 0.190 e. The monoisotopic (exact) mass is 445 g/mol. The second-order valence-electron chi connectivity index (χ2n) is 8.68. The summed E-state index contributed by atoms with van der Waals surface area (Å²) in [5, 5.41) is 10.3. The van der Waals surface area contributed by atoms with Crippen molar-refractivity contribution in [3.8, 4) is 35.2 Å². The van der Waals surface area contributed by atoms with E-state index in [2.05, 4.69) is 26.9 Å². The largest absolute Gasteiger partial charge is 0.285 e. The molecule has 0 fully saturated rings. The maximum atomic E-state index is 15.1. The Morgan fingerprint density at radius 1 is 1.06 bits per heavy atom. The van der Waals surface area contributed by atoms with Gasteiger partial charge in [-0.2, -0.15) is 5.26 Å². The summed E-state index contributed by atoms with van der Waals surface area (Å²) in [6.07, 6.45) is 9.23. The van der Waals surface area contributed by atoms with Crippen LogP contribution in [0, 0.1) is 36.4 Å². The second-order valence-corrected chi connectivity index (χ2v) is 8.68. The van der Waals surface area contributed by atoms with Crippen LogP contribution in [0.25, 0.3) is 38.8 Å². The molecular weight excluding hydrogens is 425 g/mol. The summed E-state index contributed by atoms with van der Waals surface area (Å²) in [6.45, 7) is 5.34. The van der Waals surface area contributed by atoms with E-state index in [0.29, 0.717) is 22.6 Å². The molecule has 0 aliphatic heterocycles. The lowest BCUT2D eigenvalue weighted by Gasteiger charge is -2.18. The van der Waals surface area contributed by atoms with Crippen LogP contribution in [0.4, 0.5) is 4.39 Å². The van der Waals surface area contributed by atoms with Crippen molar-refractivity contribution in [3.05, 3.63) is 83.8 Å². The Balaban J connectivity index is 1.81. The van der Waals surface area contributed by atoms with Crippen molar-refractivity contribution in [2.75, 3.05) is 0 Å². The lowest BCUT2D eigenvalue weighted by atomic mass is 9.86. The molecule has 0 atom stereocenters. The maximum absolute atomic E-state index is 15.1. The third-order valence-electron chi connectivity index (χ3n) is 6.09. The molecule has 0 saturated heterocycles. The number of fused-ring (bicyclic) bond motifs is 3. The van der Waals surface area contributed by atoms with E-state index in [-0.39, 0.29) is 0 Å². The standard InChI is InChI=1S/C28H20FN5/c1-5-26-33-25-15-32-24-11-8-18(20-7-6-12-31-17(20)2)13-21(24)27(25)34(26)19-9-10-22(23(29)14-19)28(3,4)16-30/h1,6-15H,2-4H3. The number of nitrogens with zero attached hydrogens (tertiary/aromatic N) is 5. The molecule has 0 N–H and O–H groups in total. The van der Waals surface area contributed by atoms with Crippen molar-refractivity contribution in [1.29, 1.82) is 5.26 Å². The Hall–Kier alpha value is -4.55. The van der Waals surface area contributed by atoms with Crippen molar-refractivity contribution in [1.82, 2.24) is 19.5 Å². The molecule has 164 valence electrons. The van der Waals surface area contributed by atoms with Gasteiger partial charge in [-0.25, -0.2) is 9.37 Å². The molecule has 0 unspecified atom stereocenters. The highest BCUT2D eigenvalue weighted by Crippen LogP contribution is 2.33. The number of pyridine rings is 2. The third-order valence-corrected chi connectivity index (χ3v) is 6.09. The molecular formula is C28H20FN5. The predicted octanol–water partition coefficient (Wildman–Crippen LogP) is 5.87. The number of rotatable bonds is 3. The molecule has 0 saturated carbocycles. The van der Waals surface area contributed by atoms with Crippen LogP contribution in [0.5, 0.6) is 0 Å². The number of imidazole rings is 1. The average Bonchev–Trinajstić information content (AvgIpc) is 3.23. The highest BCUT2D eigenvalue weighted by Gasteiger charge is 2.25. The zero-order valence-corrected chi connectivity index (χ0v) is 19.0. The summed E-state index contributed by atoms with van der Waals surface area (Å²) in [6, 6.07) is 16.9. The molecule has 0 bridgehead atoms. The van der Waals surface area contributed by atoms with Crippen molar-refractivity contribution in [3.63, 3.8) is 0 Å². The van der Waals surface area contributed by atoms with Crippen LogP contribution in [0.1, 0.15) is 30.9 Å². The van der Waals surface area contributed by atoms with Gasteiger partial charge in [-0.15, -0.1) is 6.42 Å². The van der Waals surface area contributed by atoms with Gasteiger partial charge in [-0.05, 0) is 62.6 Å². The van der Waals surface area contributed by atoms with E-state index in [1.54, 1.807) is 42.9 Å². The molecule has 5 aromatic rings. The number of aromatic nitrogens is 4. The van der Waals surface area contributed by atoms with Gasteiger partial charge < -0.3 is 0 Å². The van der Waals surface area contributed by atoms with Crippen molar-refractivity contribution in [2.45, 2.75) is 26.2 Å². The quantitative estimate of drug-likeness (QED) is 0.326. The van der Waals surface area contributed by atoms with Crippen LogP contribution in [-0.4, -0.2) is 19.5 Å². The average molecular weight is 446 g/mol. The summed E-state index contributed by atoms with van der Waals surface area (Å²) in [7, 11) is 0. The Morgan fingerprint density at radius 2 is 1.88 bits per heavy atom. The minimum Gasteiger partial charge on any atom is -0.285 e. The number of hydrogen-bond donors (Lipinski definition) is 0. The smallest absolute Gasteiger partial charge is 0.190 e. The van der Waals surface area contributed by atoms with Crippen molar-refractivity contribution < 1.29 is 4.39 Å². The number of terminal acetylenes is 1. The lowest BCUT2D eigenvalue weighted by Crippen LogP contribution is -2.16. The van der Waals surface area contributed by atoms with E-state index in [4.69, 9.17) is 6.42 Å². The molecule has 34 heavy (non-hydrogen) atoms. The number of halogens is 1. The first kappa shape index (κ1) is 21.3. The molecule has 0 amide bonds. The number of nitriles is 1. The molecule has 0 spiro atoms. The summed E-state index contributed by atoms with van der Waals surface area (Å²) in [5.74, 6) is 2.49. The summed E-state index contributed by atoms with van der Waals surface area (Å²) >= 11 is 0. The van der Waals surface area contributed by atoms with Gasteiger partial charge >= 0.3 is 0 Å². The Kier molecular flexibility index (Phi) is 4.88. The second kappa shape index (κ2) is 7.79. The van der Waals surface area contributed by atoms with Crippen LogP contribution >= 0.6 is 0 Å². The van der Waals surface area contributed by atoms with Gasteiger partial charge in [0, 0.05) is 28.4 Å². The number of aryl methyl sites for hydroxylation is 1. The molecule has 0 aliphatic carbocycles. The van der Waals surface area contributed by atoms with Gasteiger partial charge in [0.1, 0.15) is 11.3 Å². The summed E-state index contributed by atoms with van der Waals surface area (Å²) in [4.78, 5) is 13.5. The summed E-state index contributed by atoms with van der Waals surface area (Å²) in [5.41, 5.74) is 4.94. The number of benzene rings is 2. The Morgan fingerprint density at radius 3 is 2.59 bits per heavy atom. The van der Waals surface area contributed by atoms with Crippen LogP contribution in [0.2, 0.25) is 0 Å². The first-order valence-corrected chi connectivity index (χ1v) is 10.8. The van der Waals surface area contributed by atoms with Crippen LogP contribution in [-0.2, 0) is 5.41 Å². The van der Waals surface area contributed by atoms with Crippen molar-refractivity contribution in [2.24, 2.45) is 0 Å². The lowest BCUT2D eigenvalue weighted by molar-refractivity contribution is 0.564. The van der Waals surface area contributed by atoms with Gasteiger partial charge in [0.15, 0.2) is 5.82 Å². The third kappa shape index (κ3) is 3.29. The molecule has 0 aliphatic rings. The molecule has 5 rings (SSSR count). The highest BCUT2D eigenvalue weighted by molar-refractivity contribution is 6.05. The van der Waals surface area contributed by atoms with E-state index in [1.807, 2.05) is 37.3 Å². The fourth-order valence-electron chi connectivity index (χ4n) is 4.27. The molecule has 5 nitrogen and oxygen atoms in total. The highest BCUT2D eigenvalue weighted by atomic mass is 19.1. The number of hydrogen-bond acceptors (Lipinski definition) is 4. The van der Waals surface area contributed by atoms with Crippen LogP contribution in [0.15, 0.2) is 60.9 Å². The predicted molar refractivity (Wildman–Crippen MR) is 131 cm³/mol. The molecule has 3 aromatic heterocycles. The first-order chi connectivity index (χ1) is 16.3. The van der Waals surface area contributed by atoms with E-state index >= 15 is 4.39 Å². The zero-order chi connectivity index (χ0) is 24.0. The van der Waals surface area contributed by atoms with Gasteiger partial charge in [0.05, 0.1) is 34.4 Å². The Labute approximate surface area is 196 Å². The zero-order valence-electron chi connectivity index (χ0n) is 19.0. The normalized spacial score (nSPS) is 11.5. The van der Waals surface area contributed by atoms with E-state index in [9.17, 15) is 5.26 Å². The van der Waals surface area contributed by atoms with Crippen molar-refractivity contribution >= 4 is 21.9 Å². The molecule has 3 heterocycles. The fourth-order valence-corrected chi connectivity index (χ4v) is 4.27. The minimum absolute atomic E-state index is 0.325. The SMILES string of the molecule is C#Cc1nc2cnc3ccc(-c4cccnc4C)cc3c2n1-c1ccc(C(C)(C)C#N)c(F)c1. The van der Waals surface area contributed by atoms with E-state index in [0.717, 1.165) is 33.2 Å².